The number of nitrogens with one attached hydrogen (secondary N) is 1. The van der Waals surface area contributed by atoms with E-state index in [0.717, 1.165) is 40.6 Å². The van der Waals surface area contributed by atoms with E-state index in [4.69, 9.17) is 9.47 Å². The summed E-state index contributed by atoms with van der Waals surface area (Å²) in [6, 6.07) is 22.9. The molecule has 1 N–H and O–H groups in total. The summed E-state index contributed by atoms with van der Waals surface area (Å²) in [4.78, 5) is 34.1. The molecule has 0 aliphatic rings. The van der Waals surface area contributed by atoms with Crippen molar-refractivity contribution in [2.45, 2.75) is 32.7 Å². The number of ether oxygens (including phenoxy) is 2. The fraction of sp³-hybridized carbons (Fsp3) is 0.312. The molecule has 7 nitrogen and oxygen atoms in total. The Morgan fingerprint density at radius 2 is 1.56 bits per heavy atom. The van der Waals surface area contributed by atoms with Crippen LogP contribution < -0.4 is 9.47 Å². The predicted molar refractivity (Wildman–Crippen MR) is 154 cm³/mol. The highest BCUT2D eigenvalue weighted by Crippen LogP contribution is 2.22. The number of benzene rings is 3. The van der Waals surface area contributed by atoms with Crippen LogP contribution in [-0.2, 0) is 17.8 Å². The first-order chi connectivity index (χ1) is 19.0. The average molecular weight is 528 g/mol. The number of hydrogen-bond donors (Lipinski definition) is 1. The lowest BCUT2D eigenvalue weighted by Gasteiger charge is -2.28. The van der Waals surface area contributed by atoms with Crippen molar-refractivity contribution in [3.8, 4) is 11.5 Å². The molecule has 204 valence electrons. The van der Waals surface area contributed by atoms with Gasteiger partial charge in [-0.05, 0) is 54.8 Å². The highest BCUT2D eigenvalue weighted by molar-refractivity contribution is 5.96. The van der Waals surface area contributed by atoms with E-state index in [-0.39, 0.29) is 18.4 Å². The second-order valence-electron chi connectivity index (χ2n) is 9.55. The highest BCUT2D eigenvalue weighted by Gasteiger charge is 2.23. The lowest BCUT2D eigenvalue weighted by Crippen LogP contribution is -2.43. The number of unbranched alkanes of at least 4 members (excludes halogenated alkanes) is 1. The largest absolute Gasteiger partial charge is 0.497 e. The van der Waals surface area contributed by atoms with E-state index in [0.29, 0.717) is 37.4 Å². The second-order valence-corrected chi connectivity index (χ2v) is 9.55. The maximum absolute atomic E-state index is 13.8. The minimum Gasteiger partial charge on any atom is -0.497 e. The van der Waals surface area contributed by atoms with E-state index < -0.39 is 0 Å². The van der Waals surface area contributed by atoms with Crippen LogP contribution in [0, 0.1) is 0 Å². The number of aromatic nitrogens is 1. The first-order valence-corrected chi connectivity index (χ1v) is 13.4. The van der Waals surface area contributed by atoms with E-state index in [1.54, 1.807) is 43.4 Å². The lowest BCUT2D eigenvalue weighted by atomic mass is 10.1. The SMILES string of the molecule is CCCCN(CC(=O)N(CCc1c[nH]c2ccccc12)Cc1ccccc1OC)C(=O)c1ccc(OC)cc1. The summed E-state index contributed by atoms with van der Waals surface area (Å²) in [5, 5.41) is 1.15. The minimum absolute atomic E-state index is 0.00783. The average Bonchev–Trinajstić information content (AvgIpc) is 3.40. The Kier molecular flexibility index (Phi) is 9.62. The van der Waals surface area contributed by atoms with Crippen molar-refractivity contribution in [2.75, 3.05) is 33.9 Å². The predicted octanol–water partition coefficient (Wildman–Crippen LogP) is 5.70. The number of para-hydroxylation sites is 2. The zero-order valence-corrected chi connectivity index (χ0v) is 23.0. The van der Waals surface area contributed by atoms with Gasteiger partial charge in [-0.3, -0.25) is 9.59 Å². The number of amides is 2. The van der Waals surface area contributed by atoms with Gasteiger partial charge in [0.1, 0.15) is 18.0 Å². The second kappa shape index (κ2) is 13.5. The molecule has 1 heterocycles. The van der Waals surface area contributed by atoms with Gasteiger partial charge in [-0.15, -0.1) is 0 Å². The molecule has 4 rings (SSSR count). The molecule has 0 saturated heterocycles. The molecular weight excluding hydrogens is 490 g/mol. The van der Waals surface area contributed by atoms with Crippen LogP contribution in [0.15, 0.2) is 79.0 Å². The summed E-state index contributed by atoms with van der Waals surface area (Å²) >= 11 is 0. The summed E-state index contributed by atoms with van der Waals surface area (Å²) in [5.74, 6) is 1.16. The van der Waals surface area contributed by atoms with Crippen LogP contribution in [0.2, 0.25) is 0 Å². The molecule has 39 heavy (non-hydrogen) atoms. The zero-order valence-electron chi connectivity index (χ0n) is 23.0. The van der Waals surface area contributed by atoms with Crippen molar-refractivity contribution in [3.05, 3.63) is 95.7 Å². The first kappa shape index (κ1) is 27.8. The van der Waals surface area contributed by atoms with Crippen LogP contribution in [0.3, 0.4) is 0 Å². The van der Waals surface area contributed by atoms with Gasteiger partial charge in [0.25, 0.3) is 5.91 Å². The molecule has 0 aliphatic carbocycles. The van der Waals surface area contributed by atoms with Crippen molar-refractivity contribution < 1.29 is 19.1 Å². The van der Waals surface area contributed by atoms with Gasteiger partial charge in [0.05, 0.1) is 14.2 Å². The van der Waals surface area contributed by atoms with Gasteiger partial charge in [-0.25, -0.2) is 0 Å². The van der Waals surface area contributed by atoms with E-state index in [2.05, 4.69) is 18.0 Å². The number of rotatable bonds is 13. The molecule has 0 radical (unpaired) electrons. The van der Waals surface area contributed by atoms with Crippen LogP contribution in [0.5, 0.6) is 11.5 Å². The standard InChI is InChI=1S/C32H37N3O4/c1-4-5-19-35(32(37)24-14-16-27(38-2)17-15-24)23-31(36)34(22-26-10-6-9-13-30(26)39-3)20-18-25-21-33-29-12-8-7-11-28(25)29/h6-17,21,33H,4-5,18-20,22-23H2,1-3H3. The number of H-pyrrole nitrogens is 1. The smallest absolute Gasteiger partial charge is 0.254 e. The van der Waals surface area contributed by atoms with Gasteiger partial charge >= 0.3 is 0 Å². The summed E-state index contributed by atoms with van der Waals surface area (Å²) in [6.45, 7) is 3.50. The van der Waals surface area contributed by atoms with Crippen LogP contribution in [0.1, 0.15) is 41.3 Å². The fourth-order valence-electron chi connectivity index (χ4n) is 4.71. The Balaban J connectivity index is 1.56. The highest BCUT2D eigenvalue weighted by atomic mass is 16.5. The van der Waals surface area contributed by atoms with E-state index in [9.17, 15) is 9.59 Å². The van der Waals surface area contributed by atoms with E-state index in [1.807, 2.05) is 53.6 Å². The third-order valence-corrected chi connectivity index (χ3v) is 6.96. The van der Waals surface area contributed by atoms with Gasteiger partial charge in [0, 0.05) is 47.9 Å². The van der Waals surface area contributed by atoms with Crippen molar-refractivity contribution in [1.82, 2.24) is 14.8 Å². The molecule has 0 atom stereocenters. The van der Waals surface area contributed by atoms with E-state index >= 15 is 0 Å². The number of aromatic amines is 1. The van der Waals surface area contributed by atoms with Crippen molar-refractivity contribution in [2.24, 2.45) is 0 Å². The topological polar surface area (TPSA) is 74.9 Å². The molecule has 2 amide bonds. The maximum Gasteiger partial charge on any atom is 0.254 e. The molecule has 1 aromatic heterocycles. The molecule has 0 unspecified atom stereocenters. The zero-order chi connectivity index (χ0) is 27.6. The first-order valence-electron chi connectivity index (χ1n) is 13.4. The Morgan fingerprint density at radius 3 is 2.31 bits per heavy atom. The summed E-state index contributed by atoms with van der Waals surface area (Å²) in [6.07, 6.45) is 4.44. The fourth-order valence-corrected chi connectivity index (χ4v) is 4.71. The maximum atomic E-state index is 13.8. The molecule has 7 heteroatoms. The number of carbonyl (C=O) groups excluding carboxylic acids is 2. The Hall–Kier alpha value is -4.26. The lowest BCUT2D eigenvalue weighted by molar-refractivity contribution is -0.132. The van der Waals surface area contributed by atoms with Crippen LogP contribution in [-0.4, -0.2) is 60.5 Å². The molecule has 0 fully saturated rings. The molecule has 4 aromatic rings. The number of fused-ring (bicyclic) bond motifs is 1. The van der Waals surface area contributed by atoms with Gasteiger partial charge in [-0.1, -0.05) is 49.7 Å². The summed E-state index contributed by atoms with van der Waals surface area (Å²) < 4.78 is 10.8. The number of methoxy groups -OCH3 is 2. The van der Waals surface area contributed by atoms with Crippen molar-refractivity contribution >= 4 is 22.7 Å². The van der Waals surface area contributed by atoms with Crippen LogP contribution in [0.25, 0.3) is 10.9 Å². The van der Waals surface area contributed by atoms with E-state index in [1.165, 1.54) is 0 Å². The molecule has 3 aromatic carbocycles. The van der Waals surface area contributed by atoms with Gasteiger partial charge in [0.2, 0.25) is 5.91 Å². The van der Waals surface area contributed by atoms with Gasteiger partial charge in [0.15, 0.2) is 0 Å². The quantitative estimate of drug-likeness (QED) is 0.242. The number of hydrogen-bond acceptors (Lipinski definition) is 4. The third kappa shape index (κ3) is 6.99. The molecule has 0 bridgehead atoms. The van der Waals surface area contributed by atoms with Crippen LogP contribution >= 0.6 is 0 Å². The number of carbonyl (C=O) groups is 2. The summed E-state index contributed by atoms with van der Waals surface area (Å²) in [5.41, 5.74) is 3.69. The number of nitrogens with zero attached hydrogens (tertiary/aromatic N) is 2. The van der Waals surface area contributed by atoms with Gasteiger partial charge in [-0.2, -0.15) is 0 Å². The molecule has 0 aliphatic heterocycles. The van der Waals surface area contributed by atoms with Crippen molar-refractivity contribution in [3.63, 3.8) is 0 Å². The third-order valence-electron chi connectivity index (χ3n) is 6.96. The minimum atomic E-state index is -0.159. The molecular formula is C32H37N3O4. The molecule has 0 saturated carbocycles. The van der Waals surface area contributed by atoms with Crippen LogP contribution in [0.4, 0.5) is 0 Å². The monoisotopic (exact) mass is 527 g/mol. The Labute approximate surface area is 230 Å². The summed E-state index contributed by atoms with van der Waals surface area (Å²) in [7, 11) is 3.23. The molecule has 0 spiro atoms. The Bertz CT molecular complexity index is 1380. The Morgan fingerprint density at radius 1 is 0.821 bits per heavy atom. The normalized spacial score (nSPS) is 10.8. The van der Waals surface area contributed by atoms with Gasteiger partial charge < -0.3 is 24.3 Å². The van der Waals surface area contributed by atoms with Crippen molar-refractivity contribution in [1.29, 1.82) is 0 Å².